The fourth-order valence-electron chi connectivity index (χ4n) is 1.12. The summed E-state index contributed by atoms with van der Waals surface area (Å²) in [5, 5.41) is 3.15. The lowest BCUT2D eigenvalue weighted by Crippen LogP contribution is -2.20. The van der Waals surface area contributed by atoms with Gasteiger partial charge in [-0.25, -0.2) is 4.39 Å². The second-order valence-electron chi connectivity index (χ2n) is 3.11. The van der Waals surface area contributed by atoms with Crippen molar-refractivity contribution in [3.05, 3.63) is 29.6 Å². The molecule has 0 saturated heterocycles. The molecule has 1 rings (SSSR count). The standard InChI is InChI=1S/C11H16FNO/c1-3-13-6-7-14-10-4-5-11(12)9(2)8-10/h4-5,8,13H,3,6-7H2,1-2H3. The Morgan fingerprint density at radius 2 is 2.21 bits per heavy atom. The van der Waals surface area contributed by atoms with Crippen molar-refractivity contribution < 1.29 is 9.13 Å². The fourth-order valence-corrected chi connectivity index (χ4v) is 1.12. The van der Waals surface area contributed by atoms with Crippen LogP contribution in [0, 0.1) is 12.7 Å². The predicted molar refractivity (Wildman–Crippen MR) is 55.2 cm³/mol. The maximum atomic E-state index is 12.9. The molecule has 0 fully saturated rings. The fraction of sp³-hybridized carbons (Fsp3) is 0.455. The van der Waals surface area contributed by atoms with Crippen molar-refractivity contribution in [2.75, 3.05) is 19.7 Å². The maximum Gasteiger partial charge on any atom is 0.126 e. The molecule has 0 amide bonds. The predicted octanol–water partition coefficient (Wildman–Crippen LogP) is 2.12. The van der Waals surface area contributed by atoms with Crippen LogP contribution in [0.1, 0.15) is 12.5 Å². The first kappa shape index (κ1) is 11.0. The third-order valence-corrected chi connectivity index (χ3v) is 1.93. The minimum Gasteiger partial charge on any atom is -0.492 e. The molecule has 0 bridgehead atoms. The number of ether oxygens (including phenoxy) is 1. The molecule has 1 aromatic carbocycles. The molecule has 0 spiro atoms. The van der Waals surface area contributed by atoms with E-state index in [2.05, 4.69) is 5.32 Å². The van der Waals surface area contributed by atoms with Crippen molar-refractivity contribution in [1.29, 1.82) is 0 Å². The summed E-state index contributed by atoms with van der Waals surface area (Å²) in [4.78, 5) is 0. The van der Waals surface area contributed by atoms with Crippen LogP contribution in [-0.4, -0.2) is 19.7 Å². The summed E-state index contributed by atoms with van der Waals surface area (Å²) in [6.07, 6.45) is 0. The molecule has 78 valence electrons. The summed E-state index contributed by atoms with van der Waals surface area (Å²) < 4.78 is 18.3. The SMILES string of the molecule is CCNCCOc1ccc(F)c(C)c1. The Bertz CT molecular complexity index is 289. The largest absolute Gasteiger partial charge is 0.492 e. The number of likely N-dealkylation sites (N-methyl/N-ethyl adjacent to an activating group) is 1. The quantitative estimate of drug-likeness (QED) is 0.730. The lowest BCUT2D eigenvalue weighted by molar-refractivity contribution is 0.314. The van der Waals surface area contributed by atoms with Crippen LogP contribution in [0.3, 0.4) is 0 Å². The van der Waals surface area contributed by atoms with Crippen LogP contribution in [0.15, 0.2) is 18.2 Å². The van der Waals surface area contributed by atoms with Crippen LogP contribution in [0.25, 0.3) is 0 Å². The number of rotatable bonds is 5. The topological polar surface area (TPSA) is 21.3 Å². The van der Waals surface area contributed by atoms with Gasteiger partial charge in [0, 0.05) is 6.54 Å². The molecule has 1 aromatic rings. The van der Waals surface area contributed by atoms with Crippen molar-refractivity contribution in [3.63, 3.8) is 0 Å². The lowest BCUT2D eigenvalue weighted by Gasteiger charge is -2.07. The minimum absolute atomic E-state index is 0.191. The Hall–Kier alpha value is -1.09. The van der Waals surface area contributed by atoms with Crippen LogP contribution in [0.4, 0.5) is 4.39 Å². The Morgan fingerprint density at radius 3 is 2.86 bits per heavy atom. The van der Waals surface area contributed by atoms with Crippen LogP contribution in [-0.2, 0) is 0 Å². The van der Waals surface area contributed by atoms with Gasteiger partial charge in [0.25, 0.3) is 0 Å². The number of hydrogen-bond acceptors (Lipinski definition) is 2. The molecule has 0 atom stereocenters. The molecule has 0 aliphatic heterocycles. The number of benzene rings is 1. The zero-order valence-electron chi connectivity index (χ0n) is 8.64. The van der Waals surface area contributed by atoms with E-state index in [4.69, 9.17) is 4.74 Å². The van der Waals surface area contributed by atoms with Gasteiger partial charge >= 0.3 is 0 Å². The second-order valence-corrected chi connectivity index (χ2v) is 3.11. The zero-order chi connectivity index (χ0) is 10.4. The summed E-state index contributed by atoms with van der Waals surface area (Å²) in [5.41, 5.74) is 0.617. The lowest BCUT2D eigenvalue weighted by atomic mass is 10.2. The minimum atomic E-state index is -0.191. The van der Waals surface area contributed by atoms with Crippen LogP contribution >= 0.6 is 0 Å². The van der Waals surface area contributed by atoms with Gasteiger partial charge in [-0.3, -0.25) is 0 Å². The van der Waals surface area contributed by atoms with Gasteiger partial charge in [0.1, 0.15) is 18.2 Å². The average Bonchev–Trinajstić information content (AvgIpc) is 2.18. The van der Waals surface area contributed by atoms with Gasteiger partial charge in [0.15, 0.2) is 0 Å². The molecule has 1 N–H and O–H groups in total. The Labute approximate surface area is 84.1 Å². The summed E-state index contributed by atoms with van der Waals surface area (Å²) in [7, 11) is 0. The van der Waals surface area contributed by atoms with E-state index in [-0.39, 0.29) is 5.82 Å². The van der Waals surface area contributed by atoms with E-state index in [1.165, 1.54) is 6.07 Å². The van der Waals surface area contributed by atoms with Crippen molar-refractivity contribution >= 4 is 0 Å². The highest BCUT2D eigenvalue weighted by molar-refractivity contribution is 5.28. The van der Waals surface area contributed by atoms with Gasteiger partial charge in [-0.15, -0.1) is 0 Å². The highest BCUT2D eigenvalue weighted by Crippen LogP contribution is 2.15. The molecule has 0 aliphatic carbocycles. The van der Waals surface area contributed by atoms with Crippen LogP contribution in [0.2, 0.25) is 0 Å². The maximum absolute atomic E-state index is 12.9. The van der Waals surface area contributed by atoms with Gasteiger partial charge in [-0.05, 0) is 37.2 Å². The summed E-state index contributed by atoms with van der Waals surface area (Å²) in [5.74, 6) is 0.533. The van der Waals surface area contributed by atoms with Gasteiger partial charge in [-0.2, -0.15) is 0 Å². The van der Waals surface area contributed by atoms with Gasteiger partial charge in [-0.1, -0.05) is 6.92 Å². The molecule has 0 unspecified atom stereocenters. The molecule has 3 heteroatoms. The van der Waals surface area contributed by atoms with Crippen LogP contribution < -0.4 is 10.1 Å². The normalized spacial score (nSPS) is 10.2. The van der Waals surface area contributed by atoms with E-state index in [0.717, 1.165) is 18.8 Å². The first-order valence-corrected chi connectivity index (χ1v) is 4.83. The van der Waals surface area contributed by atoms with Gasteiger partial charge < -0.3 is 10.1 Å². The van der Waals surface area contributed by atoms with Crippen molar-refractivity contribution in [3.8, 4) is 5.75 Å². The van der Waals surface area contributed by atoms with Crippen molar-refractivity contribution in [1.82, 2.24) is 5.32 Å². The molecule has 14 heavy (non-hydrogen) atoms. The third-order valence-electron chi connectivity index (χ3n) is 1.93. The monoisotopic (exact) mass is 197 g/mol. The van der Waals surface area contributed by atoms with Crippen molar-refractivity contribution in [2.24, 2.45) is 0 Å². The number of aryl methyl sites for hydroxylation is 1. The van der Waals surface area contributed by atoms with Crippen molar-refractivity contribution in [2.45, 2.75) is 13.8 Å². The Morgan fingerprint density at radius 1 is 1.43 bits per heavy atom. The Kier molecular flexibility index (Phi) is 4.40. The average molecular weight is 197 g/mol. The second kappa shape index (κ2) is 5.60. The number of halogens is 1. The van der Waals surface area contributed by atoms with Crippen LogP contribution in [0.5, 0.6) is 5.75 Å². The molecule has 0 saturated carbocycles. The van der Waals surface area contributed by atoms with E-state index in [9.17, 15) is 4.39 Å². The molecule has 0 aliphatic rings. The highest BCUT2D eigenvalue weighted by Gasteiger charge is 1.98. The smallest absolute Gasteiger partial charge is 0.126 e. The van der Waals surface area contributed by atoms with E-state index in [1.807, 2.05) is 6.92 Å². The summed E-state index contributed by atoms with van der Waals surface area (Å²) >= 11 is 0. The molecule has 2 nitrogen and oxygen atoms in total. The highest BCUT2D eigenvalue weighted by atomic mass is 19.1. The zero-order valence-corrected chi connectivity index (χ0v) is 8.64. The Balaban J connectivity index is 2.39. The number of hydrogen-bond donors (Lipinski definition) is 1. The number of nitrogens with one attached hydrogen (secondary N) is 1. The molecular weight excluding hydrogens is 181 g/mol. The molecule has 0 aromatic heterocycles. The van der Waals surface area contributed by atoms with Gasteiger partial charge in [0.05, 0.1) is 0 Å². The molecule has 0 radical (unpaired) electrons. The molecule has 0 heterocycles. The first-order valence-electron chi connectivity index (χ1n) is 4.83. The third kappa shape index (κ3) is 3.34. The molecular formula is C11H16FNO. The van der Waals surface area contributed by atoms with E-state index in [1.54, 1.807) is 19.1 Å². The summed E-state index contributed by atoms with van der Waals surface area (Å²) in [6, 6.07) is 4.79. The van der Waals surface area contributed by atoms with E-state index < -0.39 is 0 Å². The summed E-state index contributed by atoms with van der Waals surface area (Å²) in [6.45, 7) is 6.13. The van der Waals surface area contributed by atoms with E-state index >= 15 is 0 Å². The van der Waals surface area contributed by atoms with E-state index in [0.29, 0.717) is 12.2 Å². The first-order chi connectivity index (χ1) is 6.74. The van der Waals surface area contributed by atoms with Gasteiger partial charge in [0.2, 0.25) is 0 Å².